The van der Waals surface area contributed by atoms with Crippen LogP contribution in [0.1, 0.15) is 15.9 Å². The number of methoxy groups -OCH3 is 1. The first-order valence-electron chi connectivity index (χ1n) is 8.12. The van der Waals surface area contributed by atoms with Gasteiger partial charge in [-0.15, -0.1) is 0 Å². The molecular formula is C19H17N3O3S. The van der Waals surface area contributed by atoms with Crippen molar-refractivity contribution in [3.05, 3.63) is 72.2 Å². The van der Waals surface area contributed by atoms with Crippen molar-refractivity contribution < 1.29 is 14.3 Å². The monoisotopic (exact) mass is 367 g/mol. The first-order valence-corrected chi connectivity index (χ1v) is 8.93. The van der Waals surface area contributed by atoms with Gasteiger partial charge in [-0.3, -0.25) is 4.79 Å². The summed E-state index contributed by atoms with van der Waals surface area (Å²) < 4.78 is 12.6. The first kappa shape index (κ1) is 17.0. The zero-order valence-electron chi connectivity index (χ0n) is 14.2. The number of thioether (sulfide) groups is 1. The number of carbonyl (C=O) groups excluding carboxylic acids is 1. The average Bonchev–Trinajstić information content (AvgIpc) is 3.11. The molecule has 0 N–H and O–H groups in total. The van der Waals surface area contributed by atoms with Gasteiger partial charge in [0, 0.05) is 25.1 Å². The van der Waals surface area contributed by atoms with Crippen LogP contribution in [-0.4, -0.2) is 40.2 Å². The number of benzene rings is 1. The van der Waals surface area contributed by atoms with Crippen molar-refractivity contribution in [2.24, 2.45) is 0 Å². The van der Waals surface area contributed by atoms with E-state index in [4.69, 9.17) is 9.47 Å². The van der Waals surface area contributed by atoms with Gasteiger partial charge in [0.15, 0.2) is 5.82 Å². The molecule has 0 aliphatic carbocycles. The summed E-state index contributed by atoms with van der Waals surface area (Å²) in [6.45, 7) is 1.05. The van der Waals surface area contributed by atoms with Gasteiger partial charge in [-0.05, 0) is 29.5 Å². The van der Waals surface area contributed by atoms with E-state index in [0.29, 0.717) is 24.6 Å². The maximum absolute atomic E-state index is 12.3. The lowest BCUT2D eigenvalue weighted by atomic mass is 9.92. The van der Waals surface area contributed by atoms with E-state index in [1.54, 1.807) is 42.5 Å². The van der Waals surface area contributed by atoms with E-state index < -0.39 is 5.60 Å². The Kier molecular flexibility index (Phi) is 4.58. The van der Waals surface area contributed by atoms with Gasteiger partial charge < -0.3 is 9.47 Å². The maximum Gasteiger partial charge on any atom is 0.224 e. The summed E-state index contributed by atoms with van der Waals surface area (Å²) in [6.07, 6.45) is 5.19. The molecule has 7 heteroatoms. The Morgan fingerprint density at radius 2 is 2.08 bits per heavy atom. The molecule has 0 unspecified atom stereocenters. The van der Waals surface area contributed by atoms with Gasteiger partial charge in [-0.1, -0.05) is 30.3 Å². The van der Waals surface area contributed by atoms with Crippen molar-refractivity contribution >= 4 is 16.9 Å². The van der Waals surface area contributed by atoms with Crippen LogP contribution in [0.3, 0.4) is 0 Å². The lowest BCUT2D eigenvalue weighted by molar-refractivity contribution is -0.202. The van der Waals surface area contributed by atoms with E-state index in [0.717, 1.165) is 22.2 Å². The van der Waals surface area contributed by atoms with Gasteiger partial charge in [-0.25, -0.2) is 9.67 Å². The fraction of sp³-hybridized carbons (Fsp3) is 0.211. The largest absolute Gasteiger partial charge is 0.375 e. The lowest BCUT2D eigenvalue weighted by Crippen LogP contribution is -2.48. The van der Waals surface area contributed by atoms with Gasteiger partial charge in [0.2, 0.25) is 5.12 Å². The van der Waals surface area contributed by atoms with E-state index in [-0.39, 0.29) is 5.12 Å². The molecule has 6 nitrogen and oxygen atoms in total. The van der Waals surface area contributed by atoms with E-state index in [1.165, 1.54) is 0 Å². The minimum absolute atomic E-state index is 0.0168. The Bertz CT molecular complexity index is 917. The molecule has 1 aliphatic heterocycles. The quantitative estimate of drug-likeness (QED) is 0.646. The predicted octanol–water partition coefficient (Wildman–Crippen LogP) is 3.07. The van der Waals surface area contributed by atoms with Crippen molar-refractivity contribution in [1.82, 2.24) is 14.8 Å². The topological polar surface area (TPSA) is 66.2 Å². The molecule has 4 rings (SSSR count). The smallest absolute Gasteiger partial charge is 0.224 e. The number of hydrogen-bond donors (Lipinski definition) is 0. The molecule has 1 aliphatic rings. The highest BCUT2D eigenvalue weighted by atomic mass is 32.2. The van der Waals surface area contributed by atoms with E-state index in [9.17, 15) is 4.79 Å². The molecule has 0 saturated carbocycles. The average molecular weight is 367 g/mol. The molecule has 1 saturated heterocycles. The second kappa shape index (κ2) is 7.03. The van der Waals surface area contributed by atoms with Crippen LogP contribution in [0.2, 0.25) is 0 Å². The number of pyridine rings is 1. The Morgan fingerprint density at radius 3 is 2.77 bits per heavy atom. The van der Waals surface area contributed by atoms with Crippen molar-refractivity contribution in [3.63, 3.8) is 0 Å². The second-order valence-electron chi connectivity index (χ2n) is 5.97. The molecule has 3 heterocycles. The van der Waals surface area contributed by atoms with Crippen LogP contribution in [0.25, 0.3) is 5.82 Å². The number of ether oxygens (including phenoxy) is 2. The van der Waals surface area contributed by atoms with Gasteiger partial charge in [0.25, 0.3) is 0 Å². The molecule has 3 aromatic rings. The van der Waals surface area contributed by atoms with Gasteiger partial charge in [-0.2, -0.15) is 5.10 Å². The lowest BCUT2D eigenvalue weighted by Gasteiger charge is -2.40. The molecule has 0 radical (unpaired) electrons. The van der Waals surface area contributed by atoms with Crippen molar-refractivity contribution in [1.29, 1.82) is 0 Å². The van der Waals surface area contributed by atoms with Crippen LogP contribution < -0.4 is 0 Å². The summed E-state index contributed by atoms with van der Waals surface area (Å²) in [4.78, 5) is 17.5. The van der Waals surface area contributed by atoms with E-state index in [1.807, 2.05) is 30.3 Å². The van der Waals surface area contributed by atoms with Crippen molar-refractivity contribution in [2.45, 2.75) is 10.5 Å². The molecule has 0 spiro atoms. The van der Waals surface area contributed by atoms with Crippen molar-refractivity contribution in [2.75, 3.05) is 20.3 Å². The van der Waals surface area contributed by atoms with Crippen molar-refractivity contribution in [3.8, 4) is 5.82 Å². The van der Waals surface area contributed by atoms with Crippen LogP contribution in [0, 0.1) is 0 Å². The minimum Gasteiger partial charge on any atom is -0.375 e. The highest BCUT2D eigenvalue weighted by Crippen LogP contribution is 2.33. The Balaban J connectivity index is 1.54. The van der Waals surface area contributed by atoms with Gasteiger partial charge >= 0.3 is 0 Å². The van der Waals surface area contributed by atoms with Crippen LogP contribution in [0.4, 0.5) is 0 Å². The summed E-state index contributed by atoms with van der Waals surface area (Å²) in [6, 6.07) is 13.0. The number of hydrogen-bond acceptors (Lipinski definition) is 6. The summed E-state index contributed by atoms with van der Waals surface area (Å²) in [5.41, 5.74) is 1.25. The molecule has 0 bridgehead atoms. The number of rotatable bonds is 5. The van der Waals surface area contributed by atoms with E-state index >= 15 is 0 Å². The maximum atomic E-state index is 12.3. The molecular weight excluding hydrogens is 350 g/mol. The SMILES string of the molecule is COC1(c2ccnc(-n3cc(SC(=O)c4ccccc4)cn3)c2)COC1. The second-order valence-corrected chi connectivity index (χ2v) is 7.02. The minimum atomic E-state index is -0.411. The number of aromatic nitrogens is 3. The standard InChI is InChI=1S/C19H17N3O3S/c1-24-19(12-25-13-19)15-7-8-20-17(9-15)22-11-16(10-21-22)26-18(23)14-5-3-2-4-6-14/h2-11H,12-13H2,1H3. The first-order chi connectivity index (χ1) is 12.7. The van der Waals surface area contributed by atoms with Crippen LogP contribution in [-0.2, 0) is 15.1 Å². The molecule has 0 amide bonds. The zero-order chi connectivity index (χ0) is 18.0. The number of nitrogens with zero attached hydrogens (tertiary/aromatic N) is 3. The zero-order valence-corrected chi connectivity index (χ0v) is 15.0. The van der Waals surface area contributed by atoms with Gasteiger partial charge in [0.1, 0.15) is 5.60 Å². The third kappa shape index (κ3) is 3.16. The molecule has 26 heavy (non-hydrogen) atoms. The summed E-state index contributed by atoms with van der Waals surface area (Å²) >= 11 is 1.15. The third-order valence-electron chi connectivity index (χ3n) is 4.35. The summed E-state index contributed by atoms with van der Waals surface area (Å²) in [7, 11) is 1.68. The highest BCUT2D eigenvalue weighted by Gasteiger charge is 2.40. The fourth-order valence-corrected chi connectivity index (χ4v) is 3.46. The number of carbonyl (C=O) groups is 1. The summed E-state index contributed by atoms with van der Waals surface area (Å²) in [5, 5.41) is 4.32. The van der Waals surface area contributed by atoms with Crippen LogP contribution in [0.15, 0.2) is 66.0 Å². The highest BCUT2D eigenvalue weighted by molar-refractivity contribution is 8.14. The van der Waals surface area contributed by atoms with E-state index in [2.05, 4.69) is 10.1 Å². The van der Waals surface area contributed by atoms with Crippen LogP contribution in [0.5, 0.6) is 0 Å². The molecule has 1 fully saturated rings. The predicted molar refractivity (Wildman–Crippen MR) is 97.5 cm³/mol. The Morgan fingerprint density at radius 1 is 1.27 bits per heavy atom. The summed E-state index contributed by atoms with van der Waals surface area (Å²) in [5.74, 6) is 0.671. The Hall–Kier alpha value is -2.48. The molecule has 0 atom stereocenters. The normalized spacial score (nSPS) is 15.4. The molecule has 1 aromatic carbocycles. The molecule has 2 aromatic heterocycles. The molecule has 132 valence electrons. The third-order valence-corrected chi connectivity index (χ3v) is 5.21. The Labute approximate surface area is 155 Å². The van der Waals surface area contributed by atoms with Crippen LogP contribution >= 0.6 is 11.8 Å². The fourth-order valence-electron chi connectivity index (χ4n) is 2.74. The van der Waals surface area contributed by atoms with Gasteiger partial charge in [0.05, 0.1) is 24.3 Å².